The minimum Gasteiger partial charge on any atom is -0.483 e. The molecule has 3 nitrogen and oxygen atoms in total. The van der Waals surface area contributed by atoms with Gasteiger partial charge in [-0.2, -0.15) is 0 Å². The minimum atomic E-state index is -0.0839. The van der Waals surface area contributed by atoms with E-state index in [0.29, 0.717) is 0 Å². The molecule has 0 spiro atoms. The number of para-hydroxylation sites is 1. The summed E-state index contributed by atoms with van der Waals surface area (Å²) in [5, 5.41) is 3.42. The lowest BCUT2D eigenvalue weighted by atomic mass is 10.0. The second-order valence-electron chi connectivity index (χ2n) is 6.82. The lowest BCUT2D eigenvalue weighted by Crippen LogP contribution is -2.43. The van der Waals surface area contributed by atoms with E-state index in [9.17, 15) is 0 Å². The Morgan fingerprint density at radius 1 is 1.04 bits per heavy atom. The zero-order chi connectivity index (χ0) is 16.2. The SMILES string of the molecule is c1ccc(C(Oc2ccccc2CC2CC2)C2CNCCO2)cc1. The lowest BCUT2D eigenvalue weighted by Gasteiger charge is -2.32. The summed E-state index contributed by atoms with van der Waals surface area (Å²) in [4.78, 5) is 0. The number of benzene rings is 2. The van der Waals surface area contributed by atoms with Crippen LogP contribution in [0.3, 0.4) is 0 Å². The predicted octanol–water partition coefficient (Wildman–Crippen LogP) is 3.75. The summed E-state index contributed by atoms with van der Waals surface area (Å²) in [6, 6.07) is 18.9. The molecule has 1 aliphatic carbocycles. The first-order valence-corrected chi connectivity index (χ1v) is 9.02. The van der Waals surface area contributed by atoms with Gasteiger partial charge in [-0.1, -0.05) is 48.5 Å². The van der Waals surface area contributed by atoms with Gasteiger partial charge in [0.1, 0.15) is 11.9 Å². The van der Waals surface area contributed by atoms with Crippen molar-refractivity contribution in [2.24, 2.45) is 5.92 Å². The number of hydrogen-bond acceptors (Lipinski definition) is 3. The minimum absolute atomic E-state index is 0.0372. The molecule has 1 heterocycles. The molecule has 0 radical (unpaired) electrons. The van der Waals surface area contributed by atoms with Crippen molar-refractivity contribution in [2.45, 2.75) is 31.5 Å². The second-order valence-corrected chi connectivity index (χ2v) is 6.82. The Morgan fingerprint density at radius 2 is 1.83 bits per heavy atom. The van der Waals surface area contributed by atoms with Gasteiger partial charge in [-0.15, -0.1) is 0 Å². The molecule has 126 valence electrons. The summed E-state index contributed by atoms with van der Waals surface area (Å²) >= 11 is 0. The molecule has 2 atom stereocenters. The van der Waals surface area contributed by atoms with E-state index in [4.69, 9.17) is 9.47 Å². The molecule has 1 saturated heterocycles. The molecule has 0 aromatic heterocycles. The molecule has 4 rings (SSSR count). The van der Waals surface area contributed by atoms with Gasteiger partial charge in [0, 0.05) is 13.1 Å². The average molecular weight is 323 g/mol. The van der Waals surface area contributed by atoms with Crippen LogP contribution in [0.25, 0.3) is 0 Å². The van der Waals surface area contributed by atoms with Crippen molar-refractivity contribution in [1.82, 2.24) is 5.32 Å². The summed E-state index contributed by atoms with van der Waals surface area (Å²) in [6.07, 6.45) is 3.79. The van der Waals surface area contributed by atoms with E-state index in [1.807, 2.05) is 6.07 Å². The van der Waals surface area contributed by atoms with E-state index >= 15 is 0 Å². The second kappa shape index (κ2) is 7.37. The Labute approximate surface area is 144 Å². The van der Waals surface area contributed by atoms with Crippen LogP contribution in [0.4, 0.5) is 0 Å². The zero-order valence-electron chi connectivity index (χ0n) is 14.0. The maximum atomic E-state index is 6.53. The Morgan fingerprint density at radius 3 is 2.58 bits per heavy atom. The topological polar surface area (TPSA) is 30.5 Å². The van der Waals surface area contributed by atoms with E-state index in [-0.39, 0.29) is 12.2 Å². The van der Waals surface area contributed by atoms with Crippen LogP contribution < -0.4 is 10.1 Å². The van der Waals surface area contributed by atoms with Crippen molar-refractivity contribution < 1.29 is 9.47 Å². The third kappa shape index (κ3) is 3.80. The third-order valence-corrected chi connectivity index (χ3v) is 4.85. The summed E-state index contributed by atoms with van der Waals surface area (Å²) in [7, 11) is 0. The van der Waals surface area contributed by atoms with Gasteiger partial charge in [0.15, 0.2) is 6.10 Å². The highest BCUT2D eigenvalue weighted by molar-refractivity contribution is 5.35. The standard InChI is InChI=1S/C21H25NO2/c1-2-6-17(7-3-1)21(20-15-22-12-13-23-20)24-19-9-5-4-8-18(19)14-16-10-11-16/h1-9,16,20-22H,10-15H2. The first kappa shape index (κ1) is 15.7. The monoisotopic (exact) mass is 323 g/mol. The third-order valence-electron chi connectivity index (χ3n) is 4.85. The molecule has 3 heteroatoms. The zero-order valence-corrected chi connectivity index (χ0v) is 14.0. The van der Waals surface area contributed by atoms with Crippen LogP contribution in [0.5, 0.6) is 5.75 Å². The van der Waals surface area contributed by atoms with Crippen molar-refractivity contribution >= 4 is 0 Å². The summed E-state index contributed by atoms with van der Waals surface area (Å²) in [6.45, 7) is 2.47. The number of rotatable bonds is 6. The fourth-order valence-electron chi connectivity index (χ4n) is 3.34. The van der Waals surface area contributed by atoms with Crippen molar-refractivity contribution in [3.8, 4) is 5.75 Å². The van der Waals surface area contributed by atoms with Gasteiger partial charge < -0.3 is 14.8 Å². The largest absolute Gasteiger partial charge is 0.483 e. The molecule has 2 aliphatic rings. The molecular formula is C21H25NO2. The maximum absolute atomic E-state index is 6.53. The number of hydrogen-bond donors (Lipinski definition) is 1. The van der Waals surface area contributed by atoms with Crippen LogP contribution >= 0.6 is 0 Å². The maximum Gasteiger partial charge on any atom is 0.151 e. The summed E-state index contributed by atoms with van der Waals surface area (Å²) in [5.41, 5.74) is 2.50. The van der Waals surface area contributed by atoms with Crippen molar-refractivity contribution in [1.29, 1.82) is 0 Å². The molecule has 0 amide bonds. The van der Waals surface area contributed by atoms with Gasteiger partial charge in [-0.05, 0) is 42.4 Å². The molecule has 0 bridgehead atoms. The van der Waals surface area contributed by atoms with E-state index in [2.05, 4.69) is 53.8 Å². The van der Waals surface area contributed by atoms with Crippen LogP contribution in [0.15, 0.2) is 54.6 Å². The van der Waals surface area contributed by atoms with Gasteiger partial charge in [-0.3, -0.25) is 0 Å². The molecule has 2 unspecified atom stereocenters. The number of ether oxygens (including phenoxy) is 2. The van der Waals surface area contributed by atoms with Crippen LogP contribution in [0, 0.1) is 5.92 Å². The van der Waals surface area contributed by atoms with Gasteiger partial charge in [-0.25, -0.2) is 0 Å². The fraction of sp³-hybridized carbons (Fsp3) is 0.429. The molecule has 24 heavy (non-hydrogen) atoms. The Bertz CT molecular complexity index is 648. The molecule has 1 saturated carbocycles. The lowest BCUT2D eigenvalue weighted by molar-refractivity contribution is -0.0435. The fourth-order valence-corrected chi connectivity index (χ4v) is 3.34. The molecule has 1 aliphatic heterocycles. The van der Waals surface area contributed by atoms with Crippen molar-refractivity contribution in [3.63, 3.8) is 0 Å². The summed E-state index contributed by atoms with van der Waals surface area (Å²) < 4.78 is 12.5. The Kier molecular flexibility index (Phi) is 4.81. The van der Waals surface area contributed by atoms with Crippen LogP contribution in [-0.4, -0.2) is 25.8 Å². The molecule has 2 fully saturated rings. The number of morpholine rings is 1. The van der Waals surface area contributed by atoms with E-state index < -0.39 is 0 Å². The first-order chi connectivity index (χ1) is 11.9. The van der Waals surface area contributed by atoms with E-state index in [1.54, 1.807) is 0 Å². The summed E-state index contributed by atoms with van der Waals surface area (Å²) in [5.74, 6) is 1.85. The highest BCUT2D eigenvalue weighted by atomic mass is 16.5. The molecule has 1 N–H and O–H groups in total. The van der Waals surface area contributed by atoms with Crippen molar-refractivity contribution in [3.05, 3.63) is 65.7 Å². The van der Waals surface area contributed by atoms with Crippen molar-refractivity contribution in [2.75, 3.05) is 19.7 Å². The van der Waals surface area contributed by atoms with Gasteiger partial charge >= 0.3 is 0 Å². The smallest absolute Gasteiger partial charge is 0.151 e. The van der Waals surface area contributed by atoms with Crippen LogP contribution in [0.2, 0.25) is 0 Å². The normalized spacial score (nSPS) is 22.1. The van der Waals surface area contributed by atoms with E-state index in [1.165, 1.54) is 24.0 Å². The highest BCUT2D eigenvalue weighted by Crippen LogP contribution is 2.37. The van der Waals surface area contributed by atoms with Gasteiger partial charge in [0.05, 0.1) is 6.61 Å². The average Bonchev–Trinajstić information content (AvgIpc) is 3.46. The van der Waals surface area contributed by atoms with Gasteiger partial charge in [0.25, 0.3) is 0 Å². The quantitative estimate of drug-likeness (QED) is 0.878. The molecule has 2 aromatic carbocycles. The molecule has 2 aromatic rings. The van der Waals surface area contributed by atoms with Gasteiger partial charge in [0.2, 0.25) is 0 Å². The first-order valence-electron chi connectivity index (χ1n) is 9.02. The van der Waals surface area contributed by atoms with E-state index in [0.717, 1.165) is 37.8 Å². The number of nitrogens with one attached hydrogen (secondary N) is 1. The predicted molar refractivity (Wildman–Crippen MR) is 95.3 cm³/mol. The Balaban J connectivity index is 1.59. The van der Waals surface area contributed by atoms with Crippen LogP contribution in [-0.2, 0) is 11.2 Å². The van der Waals surface area contributed by atoms with Crippen LogP contribution in [0.1, 0.15) is 30.1 Å². The molecular weight excluding hydrogens is 298 g/mol. The highest BCUT2D eigenvalue weighted by Gasteiger charge is 2.29. The Hall–Kier alpha value is -1.84.